The Morgan fingerprint density at radius 3 is 2.65 bits per heavy atom. The van der Waals surface area contributed by atoms with Crippen LogP contribution in [0.15, 0.2) is 65.4 Å². The van der Waals surface area contributed by atoms with Gasteiger partial charge in [-0.05, 0) is 65.9 Å². The van der Waals surface area contributed by atoms with Crippen LogP contribution in [0.2, 0.25) is 0 Å². The van der Waals surface area contributed by atoms with E-state index in [2.05, 4.69) is 15.6 Å². The molecule has 0 radical (unpaired) electrons. The van der Waals surface area contributed by atoms with Gasteiger partial charge < -0.3 is 5.32 Å². The third-order valence-corrected chi connectivity index (χ3v) is 7.12. The van der Waals surface area contributed by atoms with Gasteiger partial charge in [-0.15, -0.1) is 5.10 Å². The number of nitrogens with one attached hydrogen (secondary N) is 1. The molecule has 2 aromatic carbocycles. The summed E-state index contributed by atoms with van der Waals surface area (Å²) in [7, 11) is 0. The maximum Gasteiger partial charge on any atom is 0.249 e. The molecule has 5 rings (SSSR count). The second kappa shape index (κ2) is 9.77. The van der Waals surface area contributed by atoms with E-state index in [0.717, 1.165) is 53.5 Å². The number of hydrogen-bond acceptors (Lipinski definition) is 5. The van der Waals surface area contributed by atoms with Gasteiger partial charge in [0, 0.05) is 11.7 Å². The Morgan fingerprint density at radius 1 is 1.12 bits per heavy atom. The van der Waals surface area contributed by atoms with Crippen molar-refractivity contribution in [2.24, 2.45) is 0 Å². The van der Waals surface area contributed by atoms with E-state index in [1.165, 1.54) is 11.3 Å². The molecule has 2 aromatic heterocycles. The molecule has 2 amide bonds. The molecule has 4 aromatic rings. The van der Waals surface area contributed by atoms with Crippen LogP contribution in [0.1, 0.15) is 42.9 Å². The molecular formula is C26H27N5O2S. The SMILES string of the molecule is Cc1ccccc1N(C(=O)Cn1nnc2ccccc21)[C@@H](C(=O)NC1CCCC1)c1ccsc1. The highest BCUT2D eigenvalue weighted by atomic mass is 32.1. The lowest BCUT2D eigenvalue weighted by atomic mass is 10.0. The Labute approximate surface area is 202 Å². The van der Waals surface area contributed by atoms with E-state index in [-0.39, 0.29) is 24.4 Å². The van der Waals surface area contributed by atoms with E-state index in [1.54, 1.807) is 9.58 Å². The van der Waals surface area contributed by atoms with Crippen molar-refractivity contribution < 1.29 is 9.59 Å². The van der Waals surface area contributed by atoms with Crippen molar-refractivity contribution in [3.63, 3.8) is 0 Å². The number of nitrogens with zero attached hydrogens (tertiary/aromatic N) is 4. The average molecular weight is 474 g/mol. The first-order chi connectivity index (χ1) is 16.6. The topological polar surface area (TPSA) is 80.1 Å². The number of carbonyl (C=O) groups is 2. The van der Waals surface area contributed by atoms with Gasteiger partial charge in [0.1, 0.15) is 18.1 Å². The molecule has 0 bridgehead atoms. The molecule has 1 aliphatic carbocycles. The quantitative estimate of drug-likeness (QED) is 0.424. The van der Waals surface area contributed by atoms with Gasteiger partial charge in [0.25, 0.3) is 0 Å². The van der Waals surface area contributed by atoms with Gasteiger partial charge in [0.2, 0.25) is 11.8 Å². The van der Waals surface area contributed by atoms with Gasteiger partial charge in [-0.25, -0.2) is 4.68 Å². The molecule has 0 saturated heterocycles. The molecule has 1 saturated carbocycles. The van der Waals surface area contributed by atoms with Crippen molar-refractivity contribution in [1.82, 2.24) is 20.3 Å². The largest absolute Gasteiger partial charge is 0.351 e. The Hall–Kier alpha value is -3.52. The van der Waals surface area contributed by atoms with E-state index in [1.807, 2.05) is 72.3 Å². The Balaban J connectivity index is 1.55. The Bertz CT molecular complexity index is 1290. The summed E-state index contributed by atoms with van der Waals surface area (Å²) in [6, 6.07) is 16.5. The number of aryl methyl sites for hydroxylation is 1. The summed E-state index contributed by atoms with van der Waals surface area (Å²) in [5, 5.41) is 15.5. The number of benzene rings is 2. The highest BCUT2D eigenvalue weighted by Gasteiger charge is 2.35. The van der Waals surface area contributed by atoms with Crippen LogP contribution in [0.25, 0.3) is 11.0 Å². The first-order valence-electron chi connectivity index (χ1n) is 11.6. The summed E-state index contributed by atoms with van der Waals surface area (Å²) >= 11 is 1.52. The lowest BCUT2D eigenvalue weighted by molar-refractivity contribution is -0.127. The zero-order valence-corrected chi connectivity index (χ0v) is 19.9. The molecule has 1 atom stereocenters. The van der Waals surface area contributed by atoms with Gasteiger partial charge in [-0.2, -0.15) is 11.3 Å². The Morgan fingerprint density at radius 2 is 1.88 bits per heavy atom. The molecule has 34 heavy (non-hydrogen) atoms. The highest BCUT2D eigenvalue weighted by Crippen LogP contribution is 2.32. The molecule has 1 aliphatic rings. The number of aromatic nitrogens is 3. The van der Waals surface area contributed by atoms with Crippen LogP contribution < -0.4 is 10.2 Å². The van der Waals surface area contributed by atoms with Crippen molar-refractivity contribution in [1.29, 1.82) is 0 Å². The molecule has 0 aliphatic heterocycles. The fourth-order valence-electron chi connectivity index (χ4n) is 4.69. The van der Waals surface area contributed by atoms with Gasteiger partial charge in [0.15, 0.2) is 0 Å². The van der Waals surface area contributed by atoms with Gasteiger partial charge in [0.05, 0.1) is 5.52 Å². The molecular weight excluding hydrogens is 446 g/mol. The standard InChI is InChI=1S/C26H27N5O2S/c1-18-8-2-6-12-22(18)31(24(32)16-30-23-13-7-5-11-21(23)28-29-30)25(19-14-15-34-17-19)26(33)27-20-9-3-4-10-20/h2,5-8,11-15,17,20,25H,3-4,9-10,16H2,1H3,(H,27,33)/t25-/m1/s1. The predicted octanol–water partition coefficient (Wildman–Crippen LogP) is 4.63. The van der Waals surface area contributed by atoms with Crippen LogP contribution in [0, 0.1) is 6.92 Å². The van der Waals surface area contributed by atoms with Crippen LogP contribution in [-0.4, -0.2) is 32.9 Å². The molecule has 1 fully saturated rings. The number of rotatable bonds is 7. The van der Waals surface area contributed by atoms with E-state index in [4.69, 9.17) is 0 Å². The second-order valence-corrected chi connectivity index (χ2v) is 9.52. The summed E-state index contributed by atoms with van der Waals surface area (Å²) < 4.78 is 1.60. The van der Waals surface area contributed by atoms with Crippen molar-refractivity contribution in [3.8, 4) is 0 Å². The number of carbonyl (C=O) groups excluding carboxylic acids is 2. The maximum atomic E-state index is 13.9. The molecule has 7 nitrogen and oxygen atoms in total. The molecule has 8 heteroatoms. The molecule has 2 heterocycles. The predicted molar refractivity (Wildman–Crippen MR) is 134 cm³/mol. The third-order valence-electron chi connectivity index (χ3n) is 6.42. The van der Waals surface area contributed by atoms with Crippen molar-refractivity contribution in [2.75, 3.05) is 4.90 Å². The third kappa shape index (κ3) is 4.46. The normalized spacial score (nSPS) is 14.9. The Kier molecular flexibility index (Phi) is 6.40. The molecule has 174 valence electrons. The molecule has 1 N–H and O–H groups in total. The van der Waals surface area contributed by atoms with Crippen molar-refractivity contribution in [2.45, 2.75) is 51.2 Å². The molecule has 0 unspecified atom stereocenters. The monoisotopic (exact) mass is 473 g/mol. The number of anilines is 1. The second-order valence-electron chi connectivity index (χ2n) is 8.74. The minimum atomic E-state index is -0.768. The smallest absolute Gasteiger partial charge is 0.249 e. The zero-order chi connectivity index (χ0) is 23.5. The van der Waals surface area contributed by atoms with Gasteiger partial charge >= 0.3 is 0 Å². The van der Waals surface area contributed by atoms with Crippen LogP contribution in [0.5, 0.6) is 0 Å². The van der Waals surface area contributed by atoms with Crippen LogP contribution in [0.4, 0.5) is 5.69 Å². The minimum absolute atomic E-state index is 0.0216. The summed E-state index contributed by atoms with van der Waals surface area (Å²) in [6.07, 6.45) is 4.19. The summed E-state index contributed by atoms with van der Waals surface area (Å²) in [5.74, 6) is -0.368. The van der Waals surface area contributed by atoms with E-state index < -0.39 is 6.04 Å². The summed E-state index contributed by atoms with van der Waals surface area (Å²) in [4.78, 5) is 29.3. The van der Waals surface area contributed by atoms with Gasteiger partial charge in [-0.1, -0.05) is 48.4 Å². The number of fused-ring (bicyclic) bond motifs is 1. The summed E-state index contributed by atoms with van der Waals surface area (Å²) in [5.41, 5.74) is 3.96. The summed E-state index contributed by atoms with van der Waals surface area (Å²) in [6.45, 7) is 1.94. The van der Waals surface area contributed by atoms with Crippen LogP contribution >= 0.6 is 11.3 Å². The fourth-order valence-corrected chi connectivity index (χ4v) is 5.37. The number of thiophene rings is 1. The van der Waals surface area contributed by atoms with Gasteiger partial charge in [-0.3, -0.25) is 14.5 Å². The van der Waals surface area contributed by atoms with E-state index in [0.29, 0.717) is 0 Å². The maximum absolute atomic E-state index is 13.9. The molecule has 0 spiro atoms. The number of amides is 2. The first kappa shape index (κ1) is 22.3. The van der Waals surface area contributed by atoms with Crippen molar-refractivity contribution in [3.05, 3.63) is 76.5 Å². The lowest BCUT2D eigenvalue weighted by Crippen LogP contribution is -2.47. The number of hydrogen-bond donors (Lipinski definition) is 1. The van der Waals surface area contributed by atoms with Crippen LogP contribution in [-0.2, 0) is 16.1 Å². The van der Waals surface area contributed by atoms with Crippen molar-refractivity contribution >= 4 is 39.9 Å². The highest BCUT2D eigenvalue weighted by molar-refractivity contribution is 7.08. The van der Waals surface area contributed by atoms with E-state index in [9.17, 15) is 9.59 Å². The first-order valence-corrected chi connectivity index (χ1v) is 12.5. The fraction of sp³-hybridized carbons (Fsp3) is 0.308. The average Bonchev–Trinajstić information content (AvgIpc) is 3.61. The van der Waals surface area contributed by atoms with E-state index >= 15 is 0 Å². The lowest BCUT2D eigenvalue weighted by Gasteiger charge is -2.32. The van der Waals surface area contributed by atoms with Crippen LogP contribution in [0.3, 0.4) is 0 Å². The number of para-hydroxylation sites is 2. The zero-order valence-electron chi connectivity index (χ0n) is 19.1. The minimum Gasteiger partial charge on any atom is -0.351 e.